The molecule has 0 saturated carbocycles. The number of aliphatic hydroxyl groups excluding tert-OH is 1. The summed E-state index contributed by atoms with van der Waals surface area (Å²) < 4.78 is 10.9. The van der Waals surface area contributed by atoms with Crippen LogP contribution >= 0.6 is 0 Å². The fourth-order valence-electron chi connectivity index (χ4n) is 2.25. The fraction of sp³-hybridized carbons (Fsp3) is 0.333. The van der Waals surface area contributed by atoms with Gasteiger partial charge in [-0.3, -0.25) is 0 Å². The zero-order valence-electron chi connectivity index (χ0n) is 12.3. The highest BCUT2D eigenvalue weighted by molar-refractivity contribution is 5.25. The number of methoxy groups -OCH3 is 1. The van der Waals surface area contributed by atoms with E-state index in [4.69, 9.17) is 9.47 Å². The zero-order valence-corrected chi connectivity index (χ0v) is 12.3. The molecular weight excluding hydrogens is 264 g/mol. The third kappa shape index (κ3) is 4.67. The molecule has 0 aliphatic carbocycles. The van der Waals surface area contributed by atoms with Crippen LogP contribution in [0.2, 0.25) is 0 Å². The number of rotatable bonds is 8. The summed E-state index contributed by atoms with van der Waals surface area (Å²) in [6.45, 7) is 1.21. The van der Waals surface area contributed by atoms with E-state index < -0.39 is 6.10 Å². The zero-order chi connectivity index (χ0) is 14.9. The van der Waals surface area contributed by atoms with Gasteiger partial charge in [0, 0.05) is 20.3 Å². The van der Waals surface area contributed by atoms with Gasteiger partial charge in [-0.25, -0.2) is 0 Å². The molecule has 3 heteroatoms. The summed E-state index contributed by atoms with van der Waals surface area (Å²) in [7, 11) is 1.67. The molecule has 2 aromatic carbocycles. The van der Waals surface area contributed by atoms with E-state index in [1.54, 1.807) is 7.11 Å². The Kier molecular flexibility index (Phi) is 6.41. The third-order valence-corrected chi connectivity index (χ3v) is 3.35. The summed E-state index contributed by atoms with van der Waals surface area (Å²) in [5, 5.41) is 10.6. The molecule has 112 valence electrons. The van der Waals surface area contributed by atoms with Gasteiger partial charge in [-0.15, -0.1) is 0 Å². The minimum atomic E-state index is -0.684. The summed E-state index contributed by atoms with van der Waals surface area (Å²) in [4.78, 5) is 0. The molecule has 0 fully saturated rings. The van der Waals surface area contributed by atoms with Crippen LogP contribution in [0.5, 0.6) is 0 Å². The lowest BCUT2D eigenvalue weighted by atomic mass is 9.98. The van der Waals surface area contributed by atoms with Crippen LogP contribution in [-0.4, -0.2) is 25.4 Å². The van der Waals surface area contributed by atoms with Crippen molar-refractivity contribution >= 4 is 0 Å². The van der Waals surface area contributed by atoms with Gasteiger partial charge < -0.3 is 14.6 Å². The highest BCUT2D eigenvalue weighted by Gasteiger charge is 2.23. The third-order valence-electron chi connectivity index (χ3n) is 3.35. The molecule has 0 amide bonds. The van der Waals surface area contributed by atoms with Gasteiger partial charge in [0.25, 0.3) is 0 Å². The molecule has 2 aromatic rings. The smallest absolute Gasteiger partial charge is 0.113 e. The van der Waals surface area contributed by atoms with E-state index in [9.17, 15) is 5.11 Å². The largest absolute Gasteiger partial charge is 0.385 e. The van der Waals surface area contributed by atoms with Crippen molar-refractivity contribution < 1.29 is 14.6 Å². The number of hydrogen-bond donors (Lipinski definition) is 1. The monoisotopic (exact) mass is 286 g/mol. The molecule has 2 atom stereocenters. The number of hydrogen-bond acceptors (Lipinski definition) is 3. The molecule has 1 N–H and O–H groups in total. The first-order chi connectivity index (χ1) is 10.3. The first-order valence-electron chi connectivity index (χ1n) is 7.21. The SMILES string of the molecule is COCCCOC(c1ccccc1)C(O)c1ccccc1. The van der Waals surface area contributed by atoms with Gasteiger partial charge in [0.1, 0.15) is 12.2 Å². The normalized spacial score (nSPS) is 13.8. The van der Waals surface area contributed by atoms with Crippen LogP contribution in [0.25, 0.3) is 0 Å². The lowest BCUT2D eigenvalue weighted by Crippen LogP contribution is -2.16. The molecule has 3 nitrogen and oxygen atoms in total. The average molecular weight is 286 g/mol. The van der Waals surface area contributed by atoms with Crippen LogP contribution < -0.4 is 0 Å². The Hall–Kier alpha value is -1.68. The predicted molar refractivity (Wildman–Crippen MR) is 83.0 cm³/mol. The van der Waals surface area contributed by atoms with Crippen molar-refractivity contribution in [3.8, 4) is 0 Å². The van der Waals surface area contributed by atoms with Crippen molar-refractivity contribution in [1.29, 1.82) is 0 Å². The highest BCUT2D eigenvalue weighted by atomic mass is 16.5. The van der Waals surface area contributed by atoms with E-state index in [1.165, 1.54) is 0 Å². The minimum absolute atomic E-state index is 0.370. The molecule has 2 unspecified atom stereocenters. The van der Waals surface area contributed by atoms with Gasteiger partial charge in [-0.05, 0) is 17.5 Å². The maximum absolute atomic E-state index is 10.6. The summed E-state index contributed by atoms with van der Waals surface area (Å²) in [6.07, 6.45) is -0.247. The van der Waals surface area contributed by atoms with Crippen LogP contribution in [-0.2, 0) is 9.47 Å². The summed E-state index contributed by atoms with van der Waals surface area (Å²) in [6, 6.07) is 19.4. The summed E-state index contributed by atoms with van der Waals surface area (Å²) >= 11 is 0. The standard InChI is InChI=1S/C18H22O3/c1-20-13-8-14-21-18(16-11-6-3-7-12-16)17(19)15-9-4-2-5-10-15/h2-7,9-12,17-19H,8,13-14H2,1H3. The second-order valence-electron chi connectivity index (χ2n) is 4.90. The molecular formula is C18H22O3. The van der Waals surface area contributed by atoms with Crippen LogP contribution in [0.3, 0.4) is 0 Å². The molecule has 0 aliphatic rings. The molecule has 2 rings (SSSR count). The van der Waals surface area contributed by atoms with Crippen molar-refractivity contribution in [2.24, 2.45) is 0 Å². The second-order valence-corrected chi connectivity index (χ2v) is 4.90. The Balaban J connectivity index is 2.11. The van der Waals surface area contributed by atoms with Gasteiger partial charge >= 0.3 is 0 Å². The van der Waals surface area contributed by atoms with Crippen LogP contribution in [0.4, 0.5) is 0 Å². The van der Waals surface area contributed by atoms with Gasteiger partial charge in [0.05, 0.1) is 0 Å². The van der Waals surface area contributed by atoms with E-state index in [1.807, 2.05) is 60.7 Å². The first kappa shape index (κ1) is 15.7. The van der Waals surface area contributed by atoms with Crippen LogP contribution in [0, 0.1) is 0 Å². The van der Waals surface area contributed by atoms with E-state index in [0.717, 1.165) is 17.5 Å². The van der Waals surface area contributed by atoms with Gasteiger partial charge in [0.15, 0.2) is 0 Å². The van der Waals surface area contributed by atoms with Crippen molar-refractivity contribution in [2.45, 2.75) is 18.6 Å². The number of aliphatic hydroxyl groups is 1. The Bertz CT molecular complexity index is 498. The van der Waals surface area contributed by atoms with E-state index in [2.05, 4.69) is 0 Å². The topological polar surface area (TPSA) is 38.7 Å². The Morgan fingerprint density at radius 2 is 1.43 bits per heavy atom. The van der Waals surface area contributed by atoms with Crippen molar-refractivity contribution in [3.63, 3.8) is 0 Å². The van der Waals surface area contributed by atoms with Crippen LogP contribution in [0.1, 0.15) is 29.8 Å². The van der Waals surface area contributed by atoms with Crippen molar-refractivity contribution in [3.05, 3.63) is 71.8 Å². The van der Waals surface area contributed by atoms with Gasteiger partial charge in [0.2, 0.25) is 0 Å². The molecule has 0 bridgehead atoms. The average Bonchev–Trinajstić information content (AvgIpc) is 2.56. The molecule has 0 spiro atoms. The lowest BCUT2D eigenvalue weighted by Gasteiger charge is -2.24. The van der Waals surface area contributed by atoms with E-state index in [-0.39, 0.29) is 6.10 Å². The summed E-state index contributed by atoms with van der Waals surface area (Å²) in [5.41, 5.74) is 1.84. The molecule has 21 heavy (non-hydrogen) atoms. The predicted octanol–water partition coefficient (Wildman–Crippen LogP) is 3.51. The van der Waals surface area contributed by atoms with E-state index >= 15 is 0 Å². The summed E-state index contributed by atoms with van der Waals surface area (Å²) in [5.74, 6) is 0. The Labute approximate surface area is 126 Å². The first-order valence-corrected chi connectivity index (χ1v) is 7.21. The Morgan fingerprint density at radius 1 is 0.857 bits per heavy atom. The minimum Gasteiger partial charge on any atom is -0.385 e. The quantitative estimate of drug-likeness (QED) is 0.755. The molecule has 0 heterocycles. The van der Waals surface area contributed by atoms with Crippen LogP contribution in [0.15, 0.2) is 60.7 Å². The van der Waals surface area contributed by atoms with Gasteiger partial charge in [-0.2, -0.15) is 0 Å². The lowest BCUT2D eigenvalue weighted by molar-refractivity contribution is -0.0456. The molecule has 0 saturated heterocycles. The van der Waals surface area contributed by atoms with Gasteiger partial charge in [-0.1, -0.05) is 60.7 Å². The maximum atomic E-state index is 10.6. The van der Waals surface area contributed by atoms with Crippen molar-refractivity contribution in [2.75, 3.05) is 20.3 Å². The molecule has 0 aliphatic heterocycles. The van der Waals surface area contributed by atoms with Crippen molar-refractivity contribution in [1.82, 2.24) is 0 Å². The number of benzene rings is 2. The highest BCUT2D eigenvalue weighted by Crippen LogP contribution is 2.31. The Morgan fingerprint density at radius 3 is 2.00 bits per heavy atom. The fourth-order valence-corrected chi connectivity index (χ4v) is 2.25. The molecule has 0 radical (unpaired) electrons. The van der Waals surface area contributed by atoms with E-state index in [0.29, 0.717) is 13.2 Å². The molecule has 0 aromatic heterocycles. The number of ether oxygens (including phenoxy) is 2. The maximum Gasteiger partial charge on any atom is 0.113 e. The second kappa shape index (κ2) is 8.57.